The Hall–Kier alpha value is -2.22. The van der Waals surface area contributed by atoms with Crippen molar-refractivity contribution in [1.82, 2.24) is 9.88 Å². The molecule has 0 aliphatic carbocycles. The highest BCUT2D eigenvalue weighted by atomic mass is 35.5. The molecule has 25 heavy (non-hydrogen) atoms. The molecule has 0 bridgehead atoms. The number of carbonyl (C=O) groups is 1. The summed E-state index contributed by atoms with van der Waals surface area (Å²) in [6, 6.07) is 9.14. The van der Waals surface area contributed by atoms with Gasteiger partial charge in [0.2, 0.25) is 0 Å². The van der Waals surface area contributed by atoms with E-state index in [4.69, 9.17) is 23.2 Å². The second-order valence-electron chi connectivity index (χ2n) is 6.06. The zero-order chi connectivity index (χ0) is 18.7. The lowest BCUT2D eigenvalue weighted by Gasteiger charge is -2.12. The van der Waals surface area contributed by atoms with Gasteiger partial charge in [-0.05, 0) is 63.6 Å². The van der Waals surface area contributed by atoms with Crippen molar-refractivity contribution in [2.24, 2.45) is 0 Å². The highest BCUT2D eigenvalue weighted by molar-refractivity contribution is 6.35. The van der Waals surface area contributed by atoms with Crippen LogP contribution in [0.4, 0.5) is 0 Å². The fraction of sp³-hybridized carbons (Fsp3) is 0.263. The molecule has 1 aromatic carbocycles. The van der Waals surface area contributed by atoms with Crippen molar-refractivity contribution >= 4 is 35.2 Å². The first-order chi connectivity index (χ1) is 11.7. The number of benzene rings is 1. The zero-order valence-electron chi connectivity index (χ0n) is 14.5. The van der Waals surface area contributed by atoms with E-state index in [9.17, 15) is 10.1 Å². The van der Waals surface area contributed by atoms with Gasteiger partial charge in [-0.2, -0.15) is 5.26 Å². The van der Waals surface area contributed by atoms with Gasteiger partial charge in [0.05, 0.1) is 10.7 Å². The first kappa shape index (κ1) is 19.1. The molecule has 0 fully saturated rings. The van der Waals surface area contributed by atoms with Crippen LogP contribution < -0.4 is 5.32 Å². The van der Waals surface area contributed by atoms with E-state index in [1.165, 1.54) is 0 Å². The summed E-state index contributed by atoms with van der Waals surface area (Å²) in [6.07, 6.45) is 1.60. The summed E-state index contributed by atoms with van der Waals surface area (Å²) >= 11 is 12.3. The van der Waals surface area contributed by atoms with Gasteiger partial charge in [0, 0.05) is 22.5 Å². The largest absolute Gasteiger partial charge is 0.349 e. The number of rotatable bonds is 4. The van der Waals surface area contributed by atoms with E-state index in [0.717, 1.165) is 22.6 Å². The molecule has 4 nitrogen and oxygen atoms in total. The van der Waals surface area contributed by atoms with Crippen LogP contribution in [0.1, 0.15) is 30.8 Å². The lowest BCUT2D eigenvalue weighted by molar-refractivity contribution is -0.117. The van der Waals surface area contributed by atoms with Crippen LogP contribution in [-0.2, 0) is 4.79 Å². The second-order valence-corrected chi connectivity index (χ2v) is 6.90. The van der Waals surface area contributed by atoms with Crippen LogP contribution in [0.5, 0.6) is 0 Å². The van der Waals surface area contributed by atoms with E-state index in [1.54, 1.807) is 18.2 Å². The quantitative estimate of drug-likeness (QED) is 0.614. The Morgan fingerprint density at radius 2 is 1.96 bits per heavy atom. The van der Waals surface area contributed by atoms with Crippen LogP contribution in [0, 0.1) is 25.2 Å². The number of aryl methyl sites for hydroxylation is 1. The van der Waals surface area contributed by atoms with Crippen LogP contribution in [0.3, 0.4) is 0 Å². The number of nitrogens with zero attached hydrogens (tertiary/aromatic N) is 2. The van der Waals surface area contributed by atoms with Gasteiger partial charge >= 0.3 is 0 Å². The highest BCUT2D eigenvalue weighted by Crippen LogP contribution is 2.29. The van der Waals surface area contributed by atoms with Crippen LogP contribution in [-0.4, -0.2) is 16.5 Å². The molecule has 0 spiro atoms. The highest BCUT2D eigenvalue weighted by Gasteiger charge is 2.15. The molecule has 0 unspecified atom stereocenters. The van der Waals surface area contributed by atoms with Crippen molar-refractivity contribution in [2.75, 3.05) is 0 Å². The molecule has 6 heteroatoms. The molecule has 0 saturated heterocycles. The van der Waals surface area contributed by atoms with Crippen LogP contribution in [0.15, 0.2) is 29.8 Å². The van der Waals surface area contributed by atoms with Gasteiger partial charge in [0.25, 0.3) is 5.91 Å². The third-order valence-electron chi connectivity index (χ3n) is 3.71. The molecule has 0 aliphatic heterocycles. The third kappa shape index (κ3) is 4.25. The van der Waals surface area contributed by atoms with Crippen molar-refractivity contribution in [3.63, 3.8) is 0 Å². The number of hydrogen-bond donors (Lipinski definition) is 1. The molecule has 2 aromatic rings. The Balaban J connectivity index is 2.51. The molecule has 0 radical (unpaired) electrons. The Morgan fingerprint density at radius 1 is 1.28 bits per heavy atom. The van der Waals surface area contributed by atoms with Gasteiger partial charge in [0.1, 0.15) is 11.6 Å². The Kier molecular flexibility index (Phi) is 5.94. The van der Waals surface area contributed by atoms with E-state index in [1.807, 2.05) is 50.5 Å². The SMILES string of the molecule is Cc1cc(/C=C(/C#N)C(=O)NC(C)C)c(C)n1-c1ccc(Cl)cc1Cl. The standard InChI is InChI=1S/C19H19Cl2N3O/c1-11(2)23-19(25)15(10-22)8-14-7-12(3)24(13(14)4)18-6-5-16(20)9-17(18)21/h5-9,11H,1-4H3,(H,23,25)/b15-8-. The minimum Gasteiger partial charge on any atom is -0.349 e. The molecule has 1 aromatic heterocycles. The lowest BCUT2D eigenvalue weighted by atomic mass is 10.1. The molecular formula is C19H19Cl2N3O. The summed E-state index contributed by atoms with van der Waals surface area (Å²) in [7, 11) is 0. The summed E-state index contributed by atoms with van der Waals surface area (Å²) in [6.45, 7) is 7.55. The summed E-state index contributed by atoms with van der Waals surface area (Å²) in [5.41, 5.74) is 3.47. The van der Waals surface area contributed by atoms with Gasteiger partial charge in [-0.3, -0.25) is 4.79 Å². The average molecular weight is 376 g/mol. The number of nitriles is 1. The topological polar surface area (TPSA) is 57.8 Å². The molecule has 2 rings (SSSR count). The molecule has 1 amide bonds. The minimum absolute atomic E-state index is 0.0374. The third-order valence-corrected chi connectivity index (χ3v) is 4.24. The number of carbonyl (C=O) groups excluding carboxylic acids is 1. The van der Waals surface area contributed by atoms with E-state index in [-0.39, 0.29) is 17.5 Å². The van der Waals surface area contributed by atoms with E-state index >= 15 is 0 Å². The van der Waals surface area contributed by atoms with Gasteiger partial charge in [-0.1, -0.05) is 23.2 Å². The van der Waals surface area contributed by atoms with E-state index < -0.39 is 0 Å². The van der Waals surface area contributed by atoms with Crippen molar-refractivity contribution < 1.29 is 4.79 Å². The summed E-state index contributed by atoms with van der Waals surface area (Å²) in [5.74, 6) is -0.383. The van der Waals surface area contributed by atoms with E-state index in [0.29, 0.717) is 10.0 Å². The zero-order valence-corrected chi connectivity index (χ0v) is 16.0. The van der Waals surface area contributed by atoms with Crippen molar-refractivity contribution in [3.8, 4) is 11.8 Å². The monoisotopic (exact) mass is 375 g/mol. The van der Waals surface area contributed by atoms with Crippen LogP contribution >= 0.6 is 23.2 Å². The van der Waals surface area contributed by atoms with Crippen molar-refractivity contribution in [1.29, 1.82) is 5.26 Å². The maximum Gasteiger partial charge on any atom is 0.262 e. The van der Waals surface area contributed by atoms with Gasteiger partial charge in [-0.15, -0.1) is 0 Å². The molecule has 1 N–H and O–H groups in total. The molecule has 1 heterocycles. The number of amides is 1. The first-order valence-corrected chi connectivity index (χ1v) is 8.57. The normalized spacial score (nSPS) is 11.5. The first-order valence-electron chi connectivity index (χ1n) is 7.81. The van der Waals surface area contributed by atoms with Crippen molar-refractivity contribution in [2.45, 2.75) is 33.7 Å². The number of hydrogen-bond acceptors (Lipinski definition) is 2. The smallest absolute Gasteiger partial charge is 0.262 e. The molecule has 0 atom stereocenters. The van der Waals surface area contributed by atoms with Crippen LogP contribution in [0.25, 0.3) is 11.8 Å². The predicted octanol–water partition coefficient (Wildman–Crippen LogP) is 4.83. The lowest BCUT2D eigenvalue weighted by Crippen LogP contribution is -2.30. The van der Waals surface area contributed by atoms with Gasteiger partial charge in [0.15, 0.2) is 0 Å². The predicted molar refractivity (Wildman–Crippen MR) is 102 cm³/mol. The maximum atomic E-state index is 12.1. The second kappa shape index (κ2) is 7.77. The summed E-state index contributed by atoms with van der Waals surface area (Å²) in [5, 5.41) is 13.1. The Labute approximate surface area is 157 Å². The fourth-order valence-electron chi connectivity index (χ4n) is 2.61. The Morgan fingerprint density at radius 3 is 2.52 bits per heavy atom. The number of halogens is 2. The average Bonchev–Trinajstić information content (AvgIpc) is 2.79. The van der Waals surface area contributed by atoms with Crippen LogP contribution in [0.2, 0.25) is 10.0 Å². The Bertz CT molecular complexity index is 889. The minimum atomic E-state index is -0.383. The summed E-state index contributed by atoms with van der Waals surface area (Å²) in [4.78, 5) is 12.1. The van der Waals surface area contributed by atoms with Gasteiger partial charge in [-0.25, -0.2) is 0 Å². The van der Waals surface area contributed by atoms with Gasteiger partial charge < -0.3 is 9.88 Å². The number of aromatic nitrogens is 1. The van der Waals surface area contributed by atoms with Crippen molar-refractivity contribution in [3.05, 3.63) is 56.8 Å². The van der Waals surface area contributed by atoms with E-state index in [2.05, 4.69) is 5.32 Å². The molecule has 0 aliphatic rings. The molecule has 0 saturated carbocycles. The maximum absolute atomic E-state index is 12.1. The summed E-state index contributed by atoms with van der Waals surface area (Å²) < 4.78 is 1.97. The molecule has 130 valence electrons. The molecular weight excluding hydrogens is 357 g/mol. The fourth-order valence-corrected chi connectivity index (χ4v) is 3.10. The number of nitrogens with one attached hydrogen (secondary N) is 1.